The van der Waals surface area contributed by atoms with Crippen molar-refractivity contribution in [2.24, 2.45) is 28.7 Å². The number of allylic oxidation sites excluding steroid dienone is 2. The van der Waals surface area contributed by atoms with E-state index in [1.54, 1.807) is 7.11 Å². The lowest BCUT2D eigenvalue weighted by Crippen LogP contribution is -2.38. The highest BCUT2D eigenvalue weighted by molar-refractivity contribution is 6.06. The third-order valence-electron chi connectivity index (χ3n) is 6.59. The highest BCUT2D eigenvalue weighted by Gasteiger charge is 2.58. The number of carbonyl (C=O) groups is 2. The summed E-state index contributed by atoms with van der Waals surface area (Å²) >= 11 is 0. The lowest BCUT2D eigenvalue weighted by molar-refractivity contribution is -0.140. The van der Waals surface area contributed by atoms with Crippen LogP contribution in [0.2, 0.25) is 0 Å². The number of hydrogen-bond acceptors (Lipinski definition) is 4. The molecule has 1 aromatic carbocycles. The average Bonchev–Trinajstić information content (AvgIpc) is 3.46. The van der Waals surface area contributed by atoms with Crippen molar-refractivity contribution in [2.75, 3.05) is 33.3 Å². The van der Waals surface area contributed by atoms with Crippen molar-refractivity contribution in [2.45, 2.75) is 26.2 Å². The number of nitrogens with zero attached hydrogens (tertiary/aromatic N) is 2. The van der Waals surface area contributed by atoms with Gasteiger partial charge in [-0.05, 0) is 49.7 Å². The molecular weight excluding hydrogens is 392 g/mol. The van der Waals surface area contributed by atoms with Gasteiger partial charge in [0.15, 0.2) is 5.96 Å². The van der Waals surface area contributed by atoms with Gasteiger partial charge in [-0.2, -0.15) is 0 Å². The number of benzene rings is 1. The van der Waals surface area contributed by atoms with E-state index in [-0.39, 0.29) is 35.5 Å². The molecule has 1 saturated carbocycles. The van der Waals surface area contributed by atoms with Crippen LogP contribution in [0.4, 0.5) is 0 Å². The van der Waals surface area contributed by atoms with Crippen molar-refractivity contribution >= 4 is 17.8 Å². The Bertz CT molecular complexity index is 851. The summed E-state index contributed by atoms with van der Waals surface area (Å²) in [5, 5.41) is 6.59. The number of guanidine groups is 1. The summed E-state index contributed by atoms with van der Waals surface area (Å²) in [4.78, 5) is 31.6. The van der Waals surface area contributed by atoms with Crippen LogP contribution in [-0.4, -0.2) is 56.0 Å². The maximum absolute atomic E-state index is 12.7. The maximum Gasteiger partial charge on any atom is 0.233 e. The predicted molar refractivity (Wildman–Crippen MR) is 120 cm³/mol. The molecule has 166 valence electrons. The number of hydrogen-bond donors (Lipinski definition) is 2. The van der Waals surface area contributed by atoms with E-state index in [0.29, 0.717) is 19.5 Å². The van der Waals surface area contributed by atoms with Crippen LogP contribution < -0.4 is 15.4 Å². The normalized spacial score (nSPS) is 26.5. The monoisotopic (exact) mass is 424 g/mol. The smallest absolute Gasteiger partial charge is 0.233 e. The van der Waals surface area contributed by atoms with Gasteiger partial charge in [0.25, 0.3) is 0 Å². The molecule has 0 radical (unpaired) electrons. The van der Waals surface area contributed by atoms with Gasteiger partial charge >= 0.3 is 0 Å². The lowest BCUT2D eigenvalue weighted by Gasteiger charge is -2.17. The predicted octanol–water partition coefficient (Wildman–Crippen LogP) is 1.99. The molecule has 1 heterocycles. The van der Waals surface area contributed by atoms with Crippen LogP contribution >= 0.6 is 0 Å². The SMILES string of the molecule is CCNC(=NCCCN1C(=O)C2C3C=CC(C3)C2C1=O)NCCc1ccccc1OC. The van der Waals surface area contributed by atoms with Gasteiger partial charge in [0.05, 0.1) is 18.9 Å². The molecule has 7 nitrogen and oxygen atoms in total. The van der Waals surface area contributed by atoms with Crippen LogP contribution in [-0.2, 0) is 16.0 Å². The van der Waals surface area contributed by atoms with Crippen LogP contribution in [0.15, 0.2) is 41.4 Å². The first-order chi connectivity index (χ1) is 15.1. The number of nitrogens with one attached hydrogen (secondary N) is 2. The first-order valence-electron chi connectivity index (χ1n) is 11.3. The Labute approximate surface area is 183 Å². The van der Waals surface area contributed by atoms with E-state index in [0.717, 1.165) is 43.2 Å². The van der Waals surface area contributed by atoms with E-state index in [9.17, 15) is 9.59 Å². The number of methoxy groups -OCH3 is 1. The van der Waals surface area contributed by atoms with Gasteiger partial charge in [-0.25, -0.2) is 0 Å². The Morgan fingerprint density at radius 2 is 1.84 bits per heavy atom. The summed E-state index contributed by atoms with van der Waals surface area (Å²) in [5.41, 5.74) is 1.15. The molecule has 0 aromatic heterocycles. The third-order valence-corrected chi connectivity index (χ3v) is 6.59. The summed E-state index contributed by atoms with van der Waals surface area (Å²) in [7, 11) is 1.68. The number of fused-ring (bicyclic) bond motifs is 5. The van der Waals surface area contributed by atoms with Gasteiger partial charge in [0.2, 0.25) is 11.8 Å². The molecule has 4 atom stereocenters. The quantitative estimate of drug-likeness (QED) is 0.208. The van der Waals surface area contributed by atoms with Crippen LogP contribution in [0, 0.1) is 23.7 Å². The topological polar surface area (TPSA) is 83.0 Å². The van der Waals surface area contributed by atoms with E-state index in [1.165, 1.54) is 4.90 Å². The number of para-hydroxylation sites is 1. The van der Waals surface area contributed by atoms with E-state index in [1.807, 2.05) is 25.1 Å². The van der Waals surface area contributed by atoms with Gasteiger partial charge in [-0.15, -0.1) is 0 Å². The molecule has 0 spiro atoms. The molecule has 2 fully saturated rings. The van der Waals surface area contributed by atoms with Crippen LogP contribution in [0.5, 0.6) is 5.75 Å². The van der Waals surface area contributed by atoms with Crippen molar-refractivity contribution in [3.05, 3.63) is 42.0 Å². The molecule has 4 rings (SSSR count). The molecule has 7 heteroatoms. The molecule has 2 bridgehead atoms. The second kappa shape index (κ2) is 9.54. The fourth-order valence-corrected chi connectivity index (χ4v) is 5.17. The molecule has 2 aliphatic carbocycles. The Hall–Kier alpha value is -2.83. The average molecular weight is 425 g/mol. The van der Waals surface area contributed by atoms with Gasteiger partial charge in [0.1, 0.15) is 5.75 Å². The van der Waals surface area contributed by atoms with Crippen molar-refractivity contribution in [3.8, 4) is 5.75 Å². The molecule has 2 amide bonds. The standard InChI is InChI=1S/C24H32N4O3/c1-3-25-24(27-13-11-16-7-4-5-8-19(16)31-2)26-12-6-14-28-22(29)20-17-9-10-18(15-17)21(20)23(28)30/h4-5,7-10,17-18,20-21H,3,6,11-15H2,1-2H3,(H2,25,26,27). The minimum Gasteiger partial charge on any atom is -0.496 e. The summed E-state index contributed by atoms with van der Waals surface area (Å²) in [5.74, 6) is 2.00. The summed E-state index contributed by atoms with van der Waals surface area (Å²) in [6, 6.07) is 8.00. The Morgan fingerprint density at radius 3 is 2.52 bits per heavy atom. The van der Waals surface area contributed by atoms with E-state index >= 15 is 0 Å². The minimum atomic E-state index is -0.111. The Kier molecular flexibility index (Phi) is 6.59. The van der Waals surface area contributed by atoms with Gasteiger partial charge in [0, 0.05) is 26.2 Å². The third kappa shape index (κ3) is 4.31. The van der Waals surface area contributed by atoms with Crippen LogP contribution in [0.25, 0.3) is 0 Å². The number of imide groups is 1. The molecule has 1 saturated heterocycles. The second-order valence-corrected chi connectivity index (χ2v) is 8.43. The summed E-state index contributed by atoms with van der Waals surface area (Å²) < 4.78 is 5.40. The molecule has 1 aliphatic heterocycles. The first kappa shape index (κ1) is 21.4. The van der Waals surface area contributed by atoms with E-state index in [4.69, 9.17) is 4.74 Å². The number of carbonyl (C=O) groups excluding carboxylic acids is 2. The zero-order chi connectivity index (χ0) is 21.8. The van der Waals surface area contributed by atoms with Crippen molar-refractivity contribution in [1.82, 2.24) is 15.5 Å². The fourth-order valence-electron chi connectivity index (χ4n) is 5.17. The summed E-state index contributed by atoms with van der Waals surface area (Å²) in [6.07, 6.45) is 6.72. The van der Waals surface area contributed by atoms with E-state index in [2.05, 4.69) is 33.8 Å². The number of rotatable bonds is 9. The fraction of sp³-hybridized carbons (Fsp3) is 0.542. The zero-order valence-corrected chi connectivity index (χ0v) is 18.3. The van der Waals surface area contributed by atoms with Crippen molar-refractivity contribution < 1.29 is 14.3 Å². The molecule has 3 aliphatic rings. The maximum atomic E-state index is 12.7. The lowest BCUT2D eigenvalue weighted by atomic mass is 9.85. The molecule has 31 heavy (non-hydrogen) atoms. The van der Waals surface area contributed by atoms with Gasteiger partial charge in [-0.3, -0.25) is 19.5 Å². The second-order valence-electron chi connectivity index (χ2n) is 8.43. The number of likely N-dealkylation sites (tertiary alicyclic amines) is 1. The number of amides is 2. The van der Waals surface area contributed by atoms with Crippen LogP contribution in [0.1, 0.15) is 25.3 Å². The molecule has 1 aromatic rings. The van der Waals surface area contributed by atoms with Gasteiger partial charge < -0.3 is 15.4 Å². The highest BCUT2D eigenvalue weighted by Crippen LogP contribution is 2.52. The first-order valence-corrected chi connectivity index (χ1v) is 11.3. The van der Waals surface area contributed by atoms with Crippen molar-refractivity contribution in [1.29, 1.82) is 0 Å². The molecule has 4 unspecified atom stereocenters. The van der Waals surface area contributed by atoms with E-state index < -0.39 is 0 Å². The number of ether oxygens (including phenoxy) is 1. The molecule has 2 N–H and O–H groups in total. The summed E-state index contributed by atoms with van der Waals surface area (Å²) in [6.45, 7) is 4.53. The Balaban J connectivity index is 1.25. The van der Waals surface area contributed by atoms with Gasteiger partial charge in [-0.1, -0.05) is 30.4 Å². The minimum absolute atomic E-state index is 0.0256. The Morgan fingerprint density at radius 1 is 1.13 bits per heavy atom. The highest BCUT2D eigenvalue weighted by atomic mass is 16.5. The van der Waals surface area contributed by atoms with Crippen molar-refractivity contribution in [3.63, 3.8) is 0 Å². The number of aliphatic imine (C=N–C) groups is 1. The molecular formula is C24H32N4O3. The zero-order valence-electron chi connectivity index (χ0n) is 18.3. The largest absolute Gasteiger partial charge is 0.496 e. The van der Waals surface area contributed by atoms with Crippen LogP contribution in [0.3, 0.4) is 0 Å².